The average molecular weight is 408 g/mol. The summed E-state index contributed by atoms with van der Waals surface area (Å²) in [6, 6.07) is 5.91. The third-order valence-electron chi connectivity index (χ3n) is 4.00. The number of benzene rings is 1. The van der Waals surface area contributed by atoms with Crippen molar-refractivity contribution in [2.75, 3.05) is 38.2 Å². The topological polar surface area (TPSA) is 120 Å². The second-order valence-electron chi connectivity index (χ2n) is 6.07. The molecule has 0 spiro atoms. The number of aromatic nitrogens is 2. The van der Waals surface area contributed by atoms with Gasteiger partial charge >= 0.3 is 5.97 Å². The summed E-state index contributed by atoms with van der Waals surface area (Å²) in [5.41, 5.74) is 0.519. The highest BCUT2D eigenvalue weighted by Gasteiger charge is 2.26. The van der Waals surface area contributed by atoms with Gasteiger partial charge in [-0.2, -0.15) is 9.40 Å². The quantitative estimate of drug-likeness (QED) is 0.680. The summed E-state index contributed by atoms with van der Waals surface area (Å²) in [5.74, 6) is -1.26. The van der Waals surface area contributed by atoms with Crippen molar-refractivity contribution >= 4 is 27.6 Å². The average Bonchev–Trinajstić information content (AvgIpc) is 3.13. The van der Waals surface area contributed by atoms with E-state index >= 15 is 0 Å². The fraction of sp³-hybridized carbons (Fsp3) is 0.353. The van der Waals surface area contributed by atoms with E-state index in [0.717, 1.165) is 0 Å². The second-order valence-corrected chi connectivity index (χ2v) is 8.01. The van der Waals surface area contributed by atoms with Crippen molar-refractivity contribution in [3.05, 3.63) is 42.2 Å². The molecule has 1 aromatic carbocycles. The van der Waals surface area contributed by atoms with Gasteiger partial charge in [-0.15, -0.1) is 0 Å². The Bertz CT molecular complexity index is 966. The van der Waals surface area contributed by atoms with Gasteiger partial charge in [0.2, 0.25) is 10.0 Å². The van der Waals surface area contributed by atoms with Gasteiger partial charge < -0.3 is 14.8 Å². The minimum Gasteiger partial charge on any atom is -0.452 e. The molecule has 3 rings (SSSR count). The number of hydrogen-bond acceptors (Lipinski definition) is 7. The number of carbonyl (C=O) groups excluding carboxylic acids is 2. The van der Waals surface area contributed by atoms with Gasteiger partial charge in [-0.05, 0) is 18.2 Å². The molecule has 1 aromatic heterocycles. The van der Waals surface area contributed by atoms with Crippen molar-refractivity contribution in [2.45, 2.75) is 4.90 Å². The van der Waals surface area contributed by atoms with Crippen LogP contribution in [0, 0.1) is 0 Å². The molecule has 1 aliphatic rings. The molecular formula is C17H20N4O6S. The van der Waals surface area contributed by atoms with Gasteiger partial charge in [0.25, 0.3) is 5.91 Å². The van der Waals surface area contributed by atoms with Crippen molar-refractivity contribution in [2.24, 2.45) is 7.05 Å². The van der Waals surface area contributed by atoms with E-state index in [1.54, 1.807) is 13.1 Å². The highest BCUT2D eigenvalue weighted by atomic mass is 32.2. The molecule has 0 bridgehead atoms. The Hall–Kier alpha value is -2.76. The zero-order valence-corrected chi connectivity index (χ0v) is 16.0. The number of anilines is 1. The fourth-order valence-electron chi connectivity index (χ4n) is 2.61. The van der Waals surface area contributed by atoms with Crippen LogP contribution < -0.4 is 5.32 Å². The predicted molar refractivity (Wildman–Crippen MR) is 98.1 cm³/mol. The first kappa shape index (κ1) is 20.0. The zero-order valence-electron chi connectivity index (χ0n) is 15.2. The number of sulfonamides is 1. The predicted octanol–water partition coefficient (Wildman–Crippen LogP) is 0.237. The summed E-state index contributed by atoms with van der Waals surface area (Å²) in [6.45, 7) is 0.747. The van der Waals surface area contributed by atoms with E-state index in [0.29, 0.717) is 13.2 Å². The van der Waals surface area contributed by atoms with Gasteiger partial charge in [0.1, 0.15) is 0 Å². The molecular weight excluding hydrogens is 388 g/mol. The van der Waals surface area contributed by atoms with E-state index in [1.165, 1.54) is 39.6 Å². The van der Waals surface area contributed by atoms with Gasteiger partial charge in [0.15, 0.2) is 6.61 Å². The molecule has 150 valence electrons. The number of rotatable bonds is 6. The van der Waals surface area contributed by atoms with Crippen LogP contribution in [0.1, 0.15) is 10.4 Å². The van der Waals surface area contributed by atoms with Crippen molar-refractivity contribution in [1.29, 1.82) is 0 Å². The van der Waals surface area contributed by atoms with Crippen LogP contribution in [-0.4, -0.2) is 67.3 Å². The lowest BCUT2D eigenvalue weighted by Gasteiger charge is -2.26. The minimum absolute atomic E-state index is 0.0690. The summed E-state index contributed by atoms with van der Waals surface area (Å²) < 4.78 is 38.2. The summed E-state index contributed by atoms with van der Waals surface area (Å²) in [6.07, 6.45) is 2.81. The molecule has 11 heteroatoms. The van der Waals surface area contributed by atoms with Gasteiger partial charge in [-0.25, -0.2) is 13.2 Å². The molecule has 2 heterocycles. The van der Waals surface area contributed by atoms with Crippen molar-refractivity contribution in [3.8, 4) is 0 Å². The molecule has 10 nitrogen and oxygen atoms in total. The first-order chi connectivity index (χ1) is 13.4. The Morgan fingerprint density at radius 3 is 2.71 bits per heavy atom. The van der Waals surface area contributed by atoms with E-state index in [-0.39, 0.29) is 29.2 Å². The van der Waals surface area contributed by atoms with E-state index in [1.807, 2.05) is 0 Å². The minimum atomic E-state index is -3.67. The number of nitrogens with zero attached hydrogens (tertiary/aromatic N) is 3. The summed E-state index contributed by atoms with van der Waals surface area (Å²) in [5, 5.41) is 6.38. The number of esters is 1. The summed E-state index contributed by atoms with van der Waals surface area (Å²) in [4.78, 5) is 23.9. The Morgan fingerprint density at radius 1 is 1.29 bits per heavy atom. The molecule has 1 amide bonds. The van der Waals surface area contributed by atoms with Crippen LogP contribution >= 0.6 is 0 Å². The first-order valence-corrected chi connectivity index (χ1v) is 9.94. The van der Waals surface area contributed by atoms with Gasteiger partial charge in [-0.1, -0.05) is 6.07 Å². The lowest BCUT2D eigenvalue weighted by molar-refractivity contribution is -0.119. The maximum atomic E-state index is 12.7. The van der Waals surface area contributed by atoms with Crippen LogP contribution in [-0.2, 0) is 31.3 Å². The number of hydrogen-bond donors (Lipinski definition) is 1. The zero-order chi connectivity index (χ0) is 20.1. The normalized spacial score (nSPS) is 15.2. The van der Waals surface area contributed by atoms with Crippen LogP contribution in [0.15, 0.2) is 41.6 Å². The Balaban J connectivity index is 1.60. The molecule has 0 saturated carbocycles. The number of ether oxygens (including phenoxy) is 2. The largest absolute Gasteiger partial charge is 0.452 e. The van der Waals surface area contributed by atoms with Gasteiger partial charge in [0.05, 0.1) is 29.9 Å². The second kappa shape index (κ2) is 8.50. The monoisotopic (exact) mass is 408 g/mol. The number of amides is 1. The van der Waals surface area contributed by atoms with E-state index in [9.17, 15) is 18.0 Å². The van der Waals surface area contributed by atoms with Crippen LogP contribution in [0.4, 0.5) is 5.69 Å². The molecule has 28 heavy (non-hydrogen) atoms. The van der Waals surface area contributed by atoms with Crippen LogP contribution in [0.5, 0.6) is 0 Å². The molecule has 1 fully saturated rings. The molecule has 1 saturated heterocycles. The number of carbonyl (C=O) groups is 2. The molecule has 0 radical (unpaired) electrons. The van der Waals surface area contributed by atoms with Crippen molar-refractivity contribution < 1.29 is 27.5 Å². The third-order valence-corrected chi connectivity index (χ3v) is 5.90. The van der Waals surface area contributed by atoms with Gasteiger partial charge in [0, 0.05) is 32.0 Å². The van der Waals surface area contributed by atoms with Crippen LogP contribution in [0.25, 0.3) is 0 Å². The highest BCUT2D eigenvalue weighted by molar-refractivity contribution is 7.89. The highest BCUT2D eigenvalue weighted by Crippen LogP contribution is 2.20. The number of nitrogens with one attached hydrogen (secondary N) is 1. The molecule has 0 aliphatic carbocycles. The molecule has 1 aliphatic heterocycles. The van der Waals surface area contributed by atoms with E-state index < -0.39 is 28.5 Å². The van der Waals surface area contributed by atoms with Gasteiger partial charge in [-0.3, -0.25) is 9.48 Å². The SMILES string of the molecule is Cn1cc(C(=O)OCC(=O)Nc2cccc(S(=O)(=O)N3CCOCC3)c2)cn1. The number of aryl methyl sites for hydroxylation is 1. The Labute approximate surface area is 162 Å². The van der Waals surface area contributed by atoms with Crippen LogP contribution in [0.2, 0.25) is 0 Å². The standard InChI is InChI=1S/C17H20N4O6S/c1-20-11-13(10-18-20)17(23)27-12-16(22)19-14-3-2-4-15(9-14)28(24,25)21-5-7-26-8-6-21/h2-4,9-11H,5-8,12H2,1H3,(H,19,22). The lowest BCUT2D eigenvalue weighted by Crippen LogP contribution is -2.40. The maximum absolute atomic E-state index is 12.7. The Morgan fingerprint density at radius 2 is 2.04 bits per heavy atom. The van der Waals surface area contributed by atoms with E-state index in [2.05, 4.69) is 10.4 Å². The molecule has 1 N–H and O–H groups in total. The first-order valence-electron chi connectivity index (χ1n) is 8.50. The molecule has 2 aromatic rings. The summed E-state index contributed by atoms with van der Waals surface area (Å²) in [7, 11) is -2.02. The fourth-order valence-corrected chi connectivity index (χ4v) is 4.06. The third kappa shape index (κ3) is 4.74. The smallest absolute Gasteiger partial charge is 0.341 e. The molecule has 0 unspecified atom stereocenters. The maximum Gasteiger partial charge on any atom is 0.341 e. The van der Waals surface area contributed by atoms with Crippen LogP contribution in [0.3, 0.4) is 0 Å². The summed E-state index contributed by atoms with van der Waals surface area (Å²) >= 11 is 0. The Kier molecular flexibility index (Phi) is 6.07. The van der Waals surface area contributed by atoms with Crippen molar-refractivity contribution in [3.63, 3.8) is 0 Å². The number of morpholine rings is 1. The lowest BCUT2D eigenvalue weighted by atomic mass is 10.3. The van der Waals surface area contributed by atoms with Crippen molar-refractivity contribution in [1.82, 2.24) is 14.1 Å². The van der Waals surface area contributed by atoms with E-state index in [4.69, 9.17) is 9.47 Å². The molecule has 0 atom stereocenters.